The molecule has 0 atom stereocenters. The maximum Gasteiger partial charge on any atom is 0.324 e. The average Bonchev–Trinajstić information content (AvgIpc) is 2.90. The van der Waals surface area contributed by atoms with Gasteiger partial charge in [-0.3, -0.25) is 10.3 Å². The molecule has 0 radical (unpaired) electrons. The molecule has 1 aromatic carbocycles. The summed E-state index contributed by atoms with van der Waals surface area (Å²) in [6.07, 6.45) is 4.85. The Morgan fingerprint density at radius 3 is 3.00 bits per heavy atom. The van der Waals surface area contributed by atoms with Crippen molar-refractivity contribution in [1.82, 2.24) is 10.3 Å². The topological polar surface area (TPSA) is 81.6 Å². The maximum atomic E-state index is 11.8. The van der Waals surface area contributed by atoms with Crippen LogP contribution in [0.15, 0.2) is 52.5 Å². The predicted octanol–water partition coefficient (Wildman–Crippen LogP) is 2.88. The summed E-state index contributed by atoms with van der Waals surface area (Å²) in [4.78, 5) is 22.4. The zero-order valence-electron chi connectivity index (χ0n) is 11.1. The van der Waals surface area contributed by atoms with E-state index >= 15 is 0 Å². The molecular formula is C14H15N5O. The normalized spacial score (nSPS) is 11.8. The lowest BCUT2D eigenvalue weighted by molar-refractivity contribution is 0.254. The number of aliphatic imine (C=N–C) groups is 2. The molecule has 0 saturated heterocycles. The minimum absolute atomic E-state index is 0.279. The van der Waals surface area contributed by atoms with Crippen molar-refractivity contribution in [2.75, 3.05) is 5.32 Å². The first-order chi connectivity index (χ1) is 9.72. The summed E-state index contributed by atoms with van der Waals surface area (Å²) in [5.74, 6) is 0.279. The molecule has 0 unspecified atom stereocenters. The van der Waals surface area contributed by atoms with Gasteiger partial charge in [0.05, 0.1) is 6.20 Å². The number of hydrogen-bond acceptors (Lipinski definition) is 3. The number of carbonyl (C=O) groups is 1. The Labute approximate surface area is 116 Å². The van der Waals surface area contributed by atoms with E-state index in [1.807, 2.05) is 30.5 Å². The number of fused-ring (bicyclic) bond motifs is 1. The number of nitrogens with zero attached hydrogens (tertiary/aromatic N) is 2. The number of aromatic amines is 1. The summed E-state index contributed by atoms with van der Waals surface area (Å²) >= 11 is 0. The summed E-state index contributed by atoms with van der Waals surface area (Å²) in [6, 6.07) is 7.16. The van der Waals surface area contributed by atoms with E-state index in [-0.39, 0.29) is 5.82 Å². The second-order valence-electron chi connectivity index (χ2n) is 3.94. The number of anilines is 1. The van der Waals surface area contributed by atoms with Crippen LogP contribution in [-0.2, 0) is 0 Å². The zero-order chi connectivity index (χ0) is 14.4. The molecular weight excluding hydrogens is 254 g/mol. The van der Waals surface area contributed by atoms with Crippen LogP contribution in [0.1, 0.15) is 6.92 Å². The van der Waals surface area contributed by atoms with E-state index in [0.717, 1.165) is 10.9 Å². The van der Waals surface area contributed by atoms with Crippen molar-refractivity contribution < 1.29 is 4.79 Å². The molecule has 0 bridgehead atoms. The molecule has 0 saturated carbocycles. The highest BCUT2D eigenvalue weighted by Crippen LogP contribution is 2.17. The number of amides is 2. The molecule has 2 aromatic rings. The number of aromatic nitrogens is 1. The summed E-state index contributed by atoms with van der Waals surface area (Å²) in [7, 11) is 0. The van der Waals surface area contributed by atoms with Gasteiger partial charge >= 0.3 is 6.03 Å². The SMILES string of the molecule is C=N/C(=C\N=CC)NC(=O)Nc1ccc2cc[nH]c2c1. The lowest BCUT2D eigenvalue weighted by Crippen LogP contribution is -2.27. The molecule has 1 heterocycles. The molecule has 2 amide bonds. The van der Waals surface area contributed by atoms with Crippen molar-refractivity contribution in [3.8, 4) is 0 Å². The molecule has 6 nitrogen and oxygen atoms in total. The van der Waals surface area contributed by atoms with Crippen LogP contribution in [0.25, 0.3) is 10.9 Å². The Bertz CT molecular complexity index is 684. The Morgan fingerprint density at radius 2 is 2.25 bits per heavy atom. The Hall–Kier alpha value is -2.89. The Kier molecular flexibility index (Phi) is 4.28. The number of urea groups is 1. The molecule has 0 aliphatic carbocycles. The van der Waals surface area contributed by atoms with Gasteiger partial charge in [0.2, 0.25) is 0 Å². The van der Waals surface area contributed by atoms with Crippen LogP contribution in [0, 0.1) is 0 Å². The molecule has 0 spiro atoms. The fourth-order valence-corrected chi connectivity index (χ4v) is 1.66. The van der Waals surface area contributed by atoms with Gasteiger partial charge in [-0.2, -0.15) is 0 Å². The van der Waals surface area contributed by atoms with Crippen molar-refractivity contribution in [2.45, 2.75) is 6.92 Å². The van der Waals surface area contributed by atoms with Gasteiger partial charge in [0.15, 0.2) is 5.82 Å². The molecule has 20 heavy (non-hydrogen) atoms. The summed E-state index contributed by atoms with van der Waals surface area (Å²) in [6.45, 7) is 5.14. The summed E-state index contributed by atoms with van der Waals surface area (Å²) in [5.41, 5.74) is 1.64. The highest BCUT2D eigenvalue weighted by Gasteiger charge is 2.04. The monoisotopic (exact) mass is 269 g/mol. The highest BCUT2D eigenvalue weighted by molar-refractivity contribution is 5.93. The average molecular weight is 269 g/mol. The standard InChI is InChI=1S/C14H15N5O/c1-3-16-9-13(15-2)19-14(20)18-11-5-4-10-6-7-17-12(10)8-11/h3-9,17H,2H2,1H3,(H2,18,19,20)/b13-9+,16-3?. The van der Waals surface area contributed by atoms with Crippen LogP contribution in [0.3, 0.4) is 0 Å². The van der Waals surface area contributed by atoms with Crippen molar-refractivity contribution in [3.05, 3.63) is 42.5 Å². The summed E-state index contributed by atoms with van der Waals surface area (Å²) < 4.78 is 0. The second-order valence-corrected chi connectivity index (χ2v) is 3.94. The van der Waals surface area contributed by atoms with E-state index in [4.69, 9.17) is 0 Å². The van der Waals surface area contributed by atoms with Crippen LogP contribution in [0.2, 0.25) is 0 Å². The van der Waals surface area contributed by atoms with Gasteiger partial charge in [-0.05, 0) is 37.2 Å². The van der Waals surface area contributed by atoms with E-state index in [9.17, 15) is 4.79 Å². The fourth-order valence-electron chi connectivity index (χ4n) is 1.66. The molecule has 3 N–H and O–H groups in total. The second kappa shape index (κ2) is 6.33. The lowest BCUT2D eigenvalue weighted by Gasteiger charge is -2.07. The van der Waals surface area contributed by atoms with Crippen LogP contribution in [0.5, 0.6) is 0 Å². The molecule has 0 aliphatic heterocycles. The Morgan fingerprint density at radius 1 is 1.40 bits per heavy atom. The van der Waals surface area contributed by atoms with Crippen molar-refractivity contribution in [3.63, 3.8) is 0 Å². The Balaban J connectivity index is 2.05. The summed E-state index contributed by atoms with van der Waals surface area (Å²) in [5, 5.41) is 6.35. The largest absolute Gasteiger partial charge is 0.361 e. The number of H-pyrrole nitrogens is 1. The minimum Gasteiger partial charge on any atom is -0.361 e. The molecule has 102 valence electrons. The third kappa shape index (κ3) is 3.32. The quantitative estimate of drug-likeness (QED) is 0.733. The highest BCUT2D eigenvalue weighted by atomic mass is 16.2. The van der Waals surface area contributed by atoms with Crippen molar-refractivity contribution >= 4 is 35.6 Å². The lowest BCUT2D eigenvalue weighted by atomic mass is 10.2. The maximum absolute atomic E-state index is 11.8. The van der Waals surface area contributed by atoms with Crippen LogP contribution in [-0.4, -0.2) is 23.9 Å². The molecule has 6 heteroatoms. The van der Waals surface area contributed by atoms with Crippen molar-refractivity contribution in [2.24, 2.45) is 9.98 Å². The van der Waals surface area contributed by atoms with Gasteiger partial charge in [0.1, 0.15) is 0 Å². The molecule has 0 aliphatic rings. The predicted molar refractivity (Wildman–Crippen MR) is 82.3 cm³/mol. The van der Waals surface area contributed by atoms with Crippen LogP contribution in [0.4, 0.5) is 10.5 Å². The van der Waals surface area contributed by atoms with Gasteiger partial charge in [0.25, 0.3) is 0 Å². The van der Waals surface area contributed by atoms with Gasteiger partial charge in [-0.1, -0.05) is 6.07 Å². The first-order valence-corrected chi connectivity index (χ1v) is 6.03. The fraction of sp³-hybridized carbons (Fsp3) is 0.0714. The minimum atomic E-state index is -0.402. The molecule has 2 rings (SSSR count). The van der Waals surface area contributed by atoms with Crippen LogP contribution >= 0.6 is 0 Å². The van der Waals surface area contributed by atoms with Crippen molar-refractivity contribution in [1.29, 1.82) is 0 Å². The van der Waals surface area contributed by atoms with E-state index in [1.54, 1.807) is 13.1 Å². The molecule has 0 fully saturated rings. The zero-order valence-corrected chi connectivity index (χ0v) is 11.1. The van der Waals surface area contributed by atoms with E-state index in [0.29, 0.717) is 5.69 Å². The first kappa shape index (κ1) is 13.5. The van der Waals surface area contributed by atoms with Gasteiger partial charge in [0, 0.05) is 23.6 Å². The number of nitrogens with one attached hydrogen (secondary N) is 3. The van der Waals surface area contributed by atoms with E-state index < -0.39 is 6.03 Å². The van der Waals surface area contributed by atoms with Gasteiger partial charge < -0.3 is 10.3 Å². The van der Waals surface area contributed by atoms with E-state index in [2.05, 4.69) is 32.3 Å². The smallest absolute Gasteiger partial charge is 0.324 e. The third-order valence-electron chi connectivity index (χ3n) is 2.57. The van der Waals surface area contributed by atoms with Crippen LogP contribution < -0.4 is 10.6 Å². The van der Waals surface area contributed by atoms with Gasteiger partial charge in [-0.25, -0.2) is 9.79 Å². The van der Waals surface area contributed by atoms with Gasteiger partial charge in [-0.15, -0.1) is 0 Å². The van der Waals surface area contributed by atoms with E-state index in [1.165, 1.54) is 6.20 Å². The number of carbonyl (C=O) groups excluding carboxylic acids is 1. The third-order valence-corrected chi connectivity index (χ3v) is 2.57. The first-order valence-electron chi connectivity index (χ1n) is 6.03. The number of hydrogen-bond donors (Lipinski definition) is 3. The number of rotatable bonds is 4. The molecule has 1 aromatic heterocycles. The number of benzene rings is 1.